The van der Waals surface area contributed by atoms with Crippen LogP contribution in [0.5, 0.6) is 0 Å². The predicted molar refractivity (Wildman–Crippen MR) is 88.1 cm³/mol. The molecule has 0 heterocycles. The monoisotopic (exact) mass is 257 g/mol. The fourth-order valence-electron chi connectivity index (χ4n) is 1.04. The summed E-state index contributed by atoms with van der Waals surface area (Å²) in [4.78, 5) is 0. The van der Waals surface area contributed by atoms with Crippen molar-refractivity contribution in [3.63, 3.8) is 0 Å². The lowest BCUT2D eigenvalue weighted by Gasteiger charge is -2.19. The van der Waals surface area contributed by atoms with Crippen LogP contribution in [0.4, 0.5) is 0 Å². The highest BCUT2D eigenvalue weighted by Gasteiger charge is 2.08. The van der Waals surface area contributed by atoms with Crippen molar-refractivity contribution in [1.82, 2.24) is 5.32 Å². The van der Waals surface area contributed by atoms with E-state index in [1.807, 2.05) is 13.8 Å². The van der Waals surface area contributed by atoms with Crippen molar-refractivity contribution in [1.29, 1.82) is 0 Å². The second kappa shape index (κ2) is 14.6. The van der Waals surface area contributed by atoms with E-state index < -0.39 is 0 Å². The molecule has 0 atom stereocenters. The molecule has 0 aromatic heterocycles. The third kappa shape index (κ3) is 20.9. The summed E-state index contributed by atoms with van der Waals surface area (Å²) in [6, 6.07) is 0. The highest BCUT2D eigenvalue weighted by molar-refractivity contribution is 5.06. The first-order valence-electron chi connectivity index (χ1n) is 7.68. The van der Waals surface area contributed by atoms with Gasteiger partial charge >= 0.3 is 0 Å². The summed E-state index contributed by atoms with van der Waals surface area (Å²) in [6.45, 7) is 22.7. The molecule has 0 radical (unpaired) electrons. The summed E-state index contributed by atoms with van der Waals surface area (Å²) in [6.07, 6.45) is 3.62. The molecule has 0 amide bonds. The van der Waals surface area contributed by atoms with E-state index >= 15 is 0 Å². The van der Waals surface area contributed by atoms with Gasteiger partial charge in [0.15, 0.2) is 0 Å². The van der Waals surface area contributed by atoms with Crippen LogP contribution >= 0.6 is 0 Å². The van der Waals surface area contributed by atoms with Crippen LogP contribution in [-0.2, 0) is 0 Å². The lowest BCUT2D eigenvalue weighted by molar-refractivity contribution is 0.373. The largest absolute Gasteiger partial charge is 0.389 e. The van der Waals surface area contributed by atoms with Gasteiger partial charge in [0.1, 0.15) is 0 Å². The van der Waals surface area contributed by atoms with E-state index in [0.29, 0.717) is 5.41 Å². The molecule has 0 saturated carbocycles. The van der Waals surface area contributed by atoms with Crippen molar-refractivity contribution < 1.29 is 0 Å². The molecule has 0 spiro atoms. The van der Waals surface area contributed by atoms with Gasteiger partial charge in [0.2, 0.25) is 0 Å². The van der Waals surface area contributed by atoms with Gasteiger partial charge in [-0.1, -0.05) is 67.4 Å². The molecule has 1 heteroatoms. The van der Waals surface area contributed by atoms with Crippen molar-refractivity contribution in [3.8, 4) is 0 Å². The van der Waals surface area contributed by atoms with Gasteiger partial charge in [-0.2, -0.15) is 0 Å². The standard InChI is InChI=1S/C12H25N.C3H8.C2H6/c1-7-10(2)11(3)13-9-8-12(4,5)6;1-3-2;1-2/h13H,7-9H2,1-6H3;3H2,1-2H3;1-2H3/b11-10-;;. The number of rotatable bonds is 4. The van der Waals surface area contributed by atoms with Gasteiger partial charge in [-0.05, 0) is 32.1 Å². The lowest BCUT2D eigenvalue weighted by Crippen LogP contribution is -2.19. The molecule has 0 aliphatic rings. The first kappa shape index (κ1) is 22.7. The third-order valence-corrected chi connectivity index (χ3v) is 2.44. The zero-order valence-electron chi connectivity index (χ0n) is 14.8. The van der Waals surface area contributed by atoms with E-state index in [9.17, 15) is 0 Å². The van der Waals surface area contributed by atoms with E-state index in [1.165, 1.54) is 24.1 Å². The number of allylic oxidation sites excluding steroid dienone is 2. The van der Waals surface area contributed by atoms with E-state index in [0.717, 1.165) is 13.0 Å². The van der Waals surface area contributed by atoms with Crippen molar-refractivity contribution in [3.05, 3.63) is 11.3 Å². The topological polar surface area (TPSA) is 12.0 Å². The molecule has 18 heavy (non-hydrogen) atoms. The van der Waals surface area contributed by atoms with Crippen molar-refractivity contribution in [2.24, 2.45) is 5.41 Å². The normalized spacial score (nSPS) is 11.4. The van der Waals surface area contributed by atoms with Gasteiger partial charge in [-0.25, -0.2) is 0 Å². The summed E-state index contributed by atoms with van der Waals surface area (Å²) in [7, 11) is 0. The molecule has 0 unspecified atom stereocenters. The fourth-order valence-corrected chi connectivity index (χ4v) is 1.04. The number of nitrogens with one attached hydrogen (secondary N) is 1. The summed E-state index contributed by atoms with van der Waals surface area (Å²) < 4.78 is 0. The first-order chi connectivity index (χ1) is 8.28. The second-order valence-electron chi connectivity index (χ2n) is 5.70. The minimum atomic E-state index is 0.438. The second-order valence-corrected chi connectivity index (χ2v) is 5.70. The van der Waals surface area contributed by atoms with Crippen LogP contribution in [0.25, 0.3) is 0 Å². The molecule has 0 rings (SSSR count). The van der Waals surface area contributed by atoms with Crippen LogP contribution in [0.2, 0.25) is 0 Å². The molecular formula is C17H39N. The number of hydrogen-bond donors (Lipinski definition) is 1. The van der Waals surface area contributed by atoms with E-state index in [-0.39, 0.29) is 0 Å². The zero-order valence-corrected chi connectivity index (χ0v) is 14.8. The molecule has 0 bridgehead atoms. The number of hydrogen-bond acceptors (Lipinski definition) is 1. The van der Waals surface area contributed by atoms with Crippen LogP contribution < -0.4 is 5.32 Å². The molecule has 0 aliphatic carbocycles. The highest BCUT2D eigenvalue weighted by atomic mass is 14.9. The van der Waals surface area contributed by atoms with Gasteiger partial charge in [-0.15, -0.1) is 0 Å². The minimum absolute atomic E-state index is 0.438. The Bertz CT molecular complexity index is 184. The fraction of sp³-hybridized carbons (Fsp3) is 0.882. The molecule has 1 nitrogen and oxygen atoms in total. The molecular weight excluding hydrogens is 218 g/mol. The van der Waals surface area contributed by atoms with Crippen LogP contribution in [0.3, 0.4) is 0 Å². The molecule has 112 valence electrons. The van der Waals surface area contributed by atoms with Gasteiger partial charge in [0.05, 0.1) is 0 Å². The SMILES string of the molecule is CC.CC/C(C)=C(/C)NCCC(C)(C)C.CCC. The highest BCUT2D eigenvalue weighted by Crippen LogP contribution is 2.17. The Hall–Kier alpha value is -0.460. The molecule has 0 aliphatic heterocycles. The summed E-state index contributed by atoms with van der Waals surface area (Å²) >= 11 is 0. The first-order valence-corrected chi connectivity index (χ1v) is 7.68. The average Bonchev–Trinajstić information content (AvgIpc) is 2.30. The zero-order chi connectivity index (χ0) is 15.2. The Kier molecular flexibility index (Phi) is 18.4. The Morgan fingerprint density at radius 2 is 1.33 bits per heavy atom. The van der Waals surface area contributed by atoms with Crippen molar-refractivity contribution in [2.45, 2.75) is 88.5 Å². The van der Waals surface area contributed by atoms with E-state index in [2.05, 4.69) is 60.7 Å². The van der Waals surface area contributed by atoms with Gasteiger partial charge in [0, 0.05) is 12.2 Å². The third-order valence-electron chi connectivity index (χ3n) is 2.44. The Morgan fingerprint density at radius 1 is 0.944 bits per heavy atom. The Balaban J connectivity index is -0.000000389. The molecule has 0 aromatic carbocycles. The maximum atomic E-state index is 3.47. The van der Waals surface area contributed by atoms with E-state index in [4.69, 9.17) is 0 Å². The molecule has 0 saturated heterocycles. The van der Waals surface area contributed by atoms with E-state index in [1.54, 1.807) is 0 Å². The molecule has 0 aromatic rings. The van der Waals surface area contributed by atoms with Crippen LogP contribution in [0.1, 0.15) is 88.5 Å². The summed E-state index contributed by atoms with van der Waals surface area (Å²) in [5.41, 5.74) is 3.26. The molecule has 0 fully saturated rings. The predicted octanol–water partition coefficient (Wildman–Crippen LogP) is 6.16. The average molecular weight is 258 g/mol. The quantitative estimate of drug-likeness (QED) is 0.636. The van der Waals surface area contributed by atoms with Crippen LogP contribution in [0.15, 0.2) is 11.3 Å². The molecule has 1 N–H and O–H groups in total. The van der Waals surface area contributed by atoms with Gasteiger partial charge in [-0.3, -0.25) is 0 Å². The van der Waals surface area contributed by atoms with Gasteiger partial charge in [0.25, 0.3) is 0 Å². The Labute approximate surface area is 117 Å². The van der Waals surface area contributed by atoms with Crippen molar-refractivity contribution in [2.75, 3.05) is 6.54 Å². The van der Waals surface area contributed by atoms with Crippen LogP contribution in [0, 0.1) is 5.41 Å². The van der Waals surface area contributed by atoms with Crippen molar-refractivity contribution >= 4 is 0 Å². The summed E-state index contributed by atoms with van der Waals surface area (Å²) in [5, 5.41) is 3.47. The van der Waals surface area contributed by atoms with Crippen LogP contribution in [-0.4, -0.2) is 6.54 Å². The Morgan fingerprint density at radius 3 is 1.61 bits per heavy atom. The smallest absolute Gasteiger partial charge is 0.0148 e. The maximum Gasteiger partial charge on any atom is 0.0148 e. The summed E-state index contributed by atoms with van der Waals surface area (Å²) in [5.74, 6) is 0. The lowest BCUT2D eigenvalue weighted by atomic mass is 9.92. The minimum Gasteiger partial charge on any atom is -0.389 e. The van der Waals surface area contributed by atoms with Gasteiger partial charge < -0.3 is 5.32 Å². The maximum absolute atomic E-state index is 3.47.